The van der Waals surface area contributed by atoms with Crippen LogP contribution in [-0.2, 0) is 17.9 Å². The van der Waals surface area contributed by atoms with E-state index in [0.29, 0.717) is 13.2 Å². The van der Waals surface area contributed by atoms with Gasteiger partial charge in [0.1, 0.15) is 12.4 Å². The minimum atomic E-state index is -0.663. The molecule has 25 heavy (non-hydrogen) atoms. The van der Waals surface area contributed by atoms with Crippen LogP contribution in [0.25, 0.3) is 0 Å². The van der Waals surface area contributed by atoms with Gasteiger partial charge in [0, 0.05) is 6.54 Å². The summed E-state index contributed by atoms with van der Waals surface area (Å²) >= 11 is 0. The van der Waals surface area contributed by atoms with Crippen LogP contribution in [0.1, 0.15) is 36.8 Å². The van der Waals surface area contributed by atoms with Gasteiger partial charge in [-0.05, 0) is 36.1 Å². The Balaban J connectivity index is 0.00000225. The number of halogens is 1. The monoisotopic (exact) mass is 360 g/mol. The van der Waals surface area contributed by atoms with Crippen LogP contribution in [0.3, 0.4) is 0 Å². The highest BCUT2D eigenvalue weighted by Crippen LogP contribution is 2.27. The van der Waals surface area contributed by atoms with E-state index in [0.717, 1.165) is 42.6 Å². The van der Waals surface area contributed by atoms with E-state index in [2.05, 4.69) is 5.32 Å². The zero-order chi connectivity index (χ0) is 16.8. The predicted molar refractivity (Wildman–Crippen MR) is 102 cm³/mol. The molecular weight excluding hydrogens is 336 g/mol. The smallest absolute Gasteiger partial charge is 0.240 e. The fourth-order valence-electron chi connectivity index (χ4n) is 3.03. The number of hydrogen-bond acceptors (Lipinski definition) is 3. The number of hydrogen-bond donors (Lipinski definition) is 2. The predicted octanol–water partition coefficient (Wildman–Crippen LogP) is 3.58. The summed E-state index contributed by atoms with van der Waals surface area (Å²) in [6, 6.07) is 17.8. The summed E-state index contributed by atoms with van der Waals surface area (Å²) in [6.07, 6.45) is 3.66. The Kier molecular flexibility index (Phi) is 6.85. The lowest BCUT2D eigenvalue weighted by Crippen LogP contribution is -2.51. The van der Waals surface area contributed by atoms with E-state index >= 15 is 0 Å². The van der Waals surface area contributed by atoms with Crippen molar-refractivity contribution in [3.05, 3.63) is 65.7 Å². The zero-order valence-corrected chi connectivity index (χ0v) is 15.1. The molecular formula is C20H25ClN2O2. The highest BCUT2D eigenvalue weighted by Gasteiger charge is 2.36. The highest BCUT2D eigenvalue weighted by atomic mass is 35.5. The molecule has 0 spiro atoms. The molecule has 3 N–H and O–H groups in total. The largest absolute Gasteiger partial charge is 0.489 e. The average Bonchev–Trinajstić information content (AvgIpc) is 3.07. The molecule has 0 saturated heterocycles. The second-order valence-corrected chi connectivity index (χ2v) is 6.46. The van der Waals surface area contributed by atoms with Crippen LogP contribution in [0, 0.1) is 0 Å². The molecule has 0 radical (unpaired) electrons. The average molecular weight is 361 g/mol. The minimum Gasteiger partial charge on any atom is -0.489 e. The number of nitrogens with one attached hydrogen (secondary N) is 1. The first-order chi connectivity index (χ1) is 11.7. The van der Waals surface area contributed by atoms with Gasteiger partial charge in [-0.15, -0.1) is 12.4 Å². The second kappa shape index (κ2) is 8.88. The number of carbonyl (C=O) groups excluding carboxylic acids is 1. The molecule has 1 amide bonds. The topological polar surface area (TPSA) is 64.4 Å². The number of amides is 1. The van der Waals surface area contributed by atoms with Crippen molar-refractivity contribution in [3.8, 4) is 5.75 Å². The quantitative estimate of drug-likeness (QED) is 0.827. The molecule has 0 aromatic heterocycles. The van der Waals surface area contributed by atoms with Gasteiger partial charge < -0.3 is 15.8 Å². The maximum absolute atomic E-state index is 12.2. The number of benzene rings is 2. The fourth-order valence-corrected chi connectivity index (χ4v) is 3.03. The number of ether oxygens (including phenoxy) is 1. The van der Waals surface area contributed by atoms with Gasteiger partial charge in [0.15, 0.2) is 0 Å². The third-order valence-corrected chi connectivity index (χ3v) is 4.57. The van der Waals surface area contributed by atoms with Crippen LogP contribution >= 0.6 is 12.4 Å². The van der Waals surface area contributed by atoms with E-state index in [1.54, 1.807) is 0 Å². The van der Waals surface area contributed by atoms with Crippen molar-refractivity contribution in [2.75, 3.05) is 0 Å². The number of para-hydroxylation sites is 1. The van der Waals surface area contributed by atoms with E-state index in [4.69, 9.17) is 10.5 Å². The first kappa shape index (κ1) is 19.3. The molecule has 1 aliphatic rings. The maximum atomic E-state index is 12.2. The zero-order valence-electron chi connectivity index (χ0n) is 14.2. The summed E-state index contributed by atoms with van der Waals surface area (Å²) in [5.74, 6) is 0.829. The van der Waals surface area contributed by atoms with Crippen molar-refractivity contribution in [1.82, 2.24) is 5.32 Å². The lowest BCUT2D eigenvalue weighted by Gasteiger charge is -2.22. The molecule has 0 bridgehead atoms. The van der Waals surface area contributed by atoms with Gasteiger partial charge in [-0.3, -0.25) is 4.79 Å². The van der Waals surface area contributed by atoms with Crippen LogP contribution in [0.2, 0.25) is 0 Å². The molecule has 2 aromatic rings. The standard InChI is InChI=1S/C20H24N2O2.ClH/c21-20(12-4-5-13-20)19(23)22-14-16-8-10-17(11-9-16)15-24-18-6-2-1-3-7-18;/h1-3,6-11H,4-5,12-15,21H2,(H,22,23);1H. The summed E-state index contributed by atoms with van der Waals surface area (Å²) in [7, 11) is 0. The van der Waals surface area contributed by atoms with Crippen molar-refractivity contribution in [1.29, 1.82) is 0 Å². The lowest BCUT2D eigenvalue weighted by molar-refractivity contribution is -0.126. The Bertz CT molecular complexity index is 668. The van der Waals surface area contributed by atoms with E-state index in [1.807, 2.05) is 54.6 Å². The summed E-state index contributed by atoms with van der Waals surface area (Å²) in [4.78, 5) is 12.2. The molecule has 1 fully saturated rings. The molecule has 3 rings (SSSR count). The summed E-state index contributed by atoms with van der Waals surface area (Å²) in [5.41, 5.74) is 7.65. The Labute approximate surface area is 155 Å². The summed E-state index contributed by atoms with van der Waals surface area (Å²) in [5, 5.41) is 2.96. The Hall–Kier alpha value is -2.04. The third-order valence-electron chi connectivity index (χ3n) is 4.57. The van der Waals surface area contributed by atoms with Crippen molar-refractivity contribution < 1.29 is 9.53 Å². The number of carbonyl (C=O) groups is 1. The molecule has 0 atom stereocenters. The first-order valence-electron chi connectivity index (χ1n) is 8.49. The van der Waals surface area contributed by atoms with Crippen molar-refractivity contribution in [2.24, 2.45) is 5.73 Å². The van der Waals surface area contributed by atoms with Crippen molar-refractivity contribution in [3.63, 3.8) is 0 Å². The highest BCUT2D eigenvalue weighted by molar-refractivity contribution is 5.86. The number of rotatable bonds is 6. The van der Waals surface area contributed by atoms with E-state index in [1.165, 1.54) is 0 Å². The van der Waals surface area contributed by atoms with Crippen LogP contribution in [0.15, 0.2) is 54.6 Å². The Morgan fingerprint density at radius 1 is 1.00 bits per heavy atom. The second-order valence-electron chi connectivity index (χ2n) is 6.46. The van der Waals surface area contributed by atoms with Gasteiger partial charge in [-0.1, -0.05) is 55.3 Å². The normalized spacial score (nSPS) is 15.2. The molecule has 0 unspecified atom stereocenters. The molecule has 1 saturated carbocycles. The van der Waals surface area contributed by atoms with Gasteiger partial charge in [-0.25, -0.2) is 0 Å². The van der Waals surface area contributed by atoms with E-state index < -0.39 is 5.54 Å². The van der Waals surface area contributed by atoms with Crippen LogP contribution in [0.4, 0.5) is 0 Å². The molecule has 0 heterocycles. The minimum absolute atomic E-state index is 0. The van der Waals surface area contributed by atoms with Gasteiger partial charge in [0.05, 0.1) is 5.54 Å². The van der Waals surface area contributed by atoms with Crippen LogP contribution in [-0.4, -0.2) is 11.4 Å². The molecule has 1 aliphatic carbocycles. The van der Waals surface area contributed by atoms with Gasteiger partial charge in [0.2, 0.25) is 5.91 Å². The fraction of sp³-hybridized carbons (Fsp3) is 0.350. The van der Waals surface area contributed by atoms with Crippen molar-refractivity contribution in [2.45, 2.75) is 44.4 Å². The van der Waals surface area contributed by atoms with Crippen LogP contribution < -0.4 is 15.8 Å². The lowest BCUT2D eigenvalue weighted by atomic mass is 9.98. The van der Waals surface area contributed by atoms with Gasteiger partial charge >= 0.3 is 0 Å². The molecule has 134 valence electrons. The third kappa shape index (κ3) is 5.21. The first-order valence-corrected chi connectivity index (χ1v) is 8.49. The SMILES string of the molecule is Cl.NC1(C(=O)NCc2ccc(COc3ccccc3)cc2)CCCC1. The van der Waals surface area contributed by atoms with E-state index in [-0.39, 0.29) is 18.3 Å². The Morgan fingerprint density at radius 2 is 1.60 bits per heavy atom. The molecule has 5 heteroatoms. The summed E-state index contributed by atoms with van der Waals surface area (Å²) in [6.45, 7) is 1.04. The van der Waals surface area contributed by atoms with Gasteiger partial charge in [-0.2, -0.15) is 0 Å². The van der Waals surface area contributed by atoms with Gasteiger partial charge in [0.25, 0.3) is 0 Å². The number of nitrogens with two attached hydrogens (primary N) is 1. The van der Waals surface area contributed by atoms with E-state index in [9.17, 15) is 4.79 Å². The molecule has 2 aromatic carbocycles. The molecule has 0 aliphatic heterocycles. The Morgan fingerprint density at radius 3 is 2.24 bits per heavy atom. The van der Waals surface area contributed by atoms with Crippen LogP contribution in [0.5, 0.6) is 5.75 Å². The van der Waals surface area contributed by atoms with Crippen molar-refractivity contribution >= 4 is 18.3 Å². The maximum Gasteiger partial charge on any atom is 0.240 e. The summed E-state index contributed by atoms with van der Waals surface area (Å²) < 4.78 is 5.72. The molecule has 4 nitrogen and oxygen atoms in total.